The number of rotatable bonds is 9. The number of nitrogen functional groups attached to an aromatic ring is 1. The molecule has 0 radical (unpaired) electrons. The highest BCUT2D eigenvalue weighted by Gasteiger charge is 2.11. The Morgan fingerprint density at radius 3 is 2.60 bits per heavy atom. The van der Waals surface area contributed by atoms with Crippen molar-refractivity contribution in [2.75, 3.05) is 31.2 Å². The number of nitrogens with two attached hydrogens (primary N) is 2. The van der Waals surface area contributed by atoms with Gasteiger partial charge in [-0.05, 0) is 42.0 Å². The monoisotopic (exact) mass is 491 g/mol. The first-order chi connectivity index (χ1) is 16.9. The van der Waals surface area contributed by atoms with Gasteiger partial charge in [0.1, 0.15) is 6.54 Å². The standard InChI is InChI=1S/C24H25N7O3S/c1-27-21(32)12-28-10-9-19(26)16-3-2-4-17(11-16)20-14-35-24(30-20)31-22(33)13-29-23(34)15-5-7-18(25)8-6-15/h2-11,14H,12-13,25-26H2,1H3,(H,27,32)(H,29,34)(H,30,31,33)/b19-9-,28-10?. The number of carbonyl (C=O) groups is 3. The van der Waals surface area contributed by atoms with Crippen LogP contribution in [0.1, 0.15) is 15.9 Å². The molecule has 3 aromatic rings. The number of carbonyl (C=O) groups excluding carboxylic acids is 3. The van der Waals surface area contributed by atoms with Gasteiger partial charge in [0.05, 0.1) is 12.2 Å². The van der Waals surface area contributed by atoms with Gasteiger partial charge in [-0.1, -0.05) is 18.2 Å². The molecule has 10 nitrogen and oxygen atoms in total. The predicted molar refractivity (Wildman–Crippen MR) is 139 cm³/mol. The smallest absolute Gasteiger partial charge is 0.251 e. The fourth-order valence-corrected chi connectivity index (χ4v) is 3.56. The van der Waals surface area contributed by atoms with Crippen LogP contribution in [0.3, 0.4) is 0 Å². The summed E-state index contributed by atoms with van der Waals surface area (Å²) in [5, 5.41) is 9.94. The number of nitrogens with zero attached hydrogens (tertiary/aromatic N) is 2. The van der Waals surface area contributed by atoms with Crippen molar-refractivity contribution in [3.63, 3.8) is 0 Å². The molecule has 1 aromatic heterocycles. The van der Waals surface area contributed by atoms with Crippen molar-refractivity contribution in [2.24, 2.45) is 10.7 Å². The average molecular weight is 492 g/mol. The molecule has 35 heavy (non-hydrogen) atoms. The molecular formula is C24H25N7O3S. The number of likely N-dealkylation sites (N-methyl/N-ethyl adjacent to an activating group) is 1. The molecule has 7 N–H and O–H groups in total. The van der Waals surface area contributed by atoms with Gasteiger partial charge in [-0.25, -0.2) is 4.98 Å². The van der Waals surface area contributed by atoms with Gasteiger partial charge in [0, 0.05) is 41.2 Å². The second-order valence-electron chi connectivity index (χ2n) is 7.26. The van der Waals surface area contributed by atoms with Crippen molar-refractivity contribution in [3.05, 3.63) is 71.1 Å². The minimum Gasteiger partial charge on any atom is -0.399 e. The van der Waals surface area contributed by atoms with E-state index in [1.54, 1.807) is 37.4 Å². The van der Waals surface area contributed by atoms with E-state index in [1.165, 1.54) is 17.6 Å². The zero-order chi connectivity index (χ0) is 25.2. The van der Waals surface area contributed by atoms with E-state index < -0.39 is 5.91 Å². The van der Waals surface area contributed by atoms with Gasteiger partial charge in [0.25, 0.3) is 5.91 Å². The highest BCUT2D eigenvalue weighted by molar-refractivity contribution is 7.14. The van der Waals surface area contributed by atoms with Crippen LogP contribution < -0.4 is 27.4 Å². The van der Waals surface area contributed by atoms with E-state index in [2.05, 4.69) is 25.9 Å². The van der Waals surface area contributed by atoms with Gasteiger partial charge >= 0.3 is 0 Å². The third kappa shape index (κ3) is 7.51. The van der Waals surface area contributed by atoms with Crippen LogP contribution in [0.2, 0.25) is 0 Å². The molecule has 3 rings (SSSR count). The van der Waals surface area contributed by atoms with Crippen LogP contribution in [0.15, 0.2) is 65.0 Å². The van der Waals surface area contributed by atoms with E-state index in [9.17, 15) is 14.4 Å². The number of allylic oxidation sites excluding steroid dienone is 1. The number of benzene rings is 2. The zero-order valence-corrected chi connectivity index (χ0v) is 19.8. The number of anilines is 2. The van der Waals surface area contributed by atoms with Crippen LogP contribution in [-0.4, -0.2) is 49.1 Å². The third-order valence-corrected chi connectivity index (χ3v) is 5.46. The molecule has 0 aliphatic rings. The zero-order valence-electron chi connectivity index (χ0n) is 18.9. The predicted octanol–water partition coefficient (Wildman–Crippen LogP) is 1.88. The molecule has 11 heteroatoms. The minimum atomic E-state index is -0.397. The SMILES string of the molecule is CNC(=O)CN=C/C=C(\N)c1cccc(-c2csc(NC(=O)CNC(=O)c3ccc(N)cc3)n2)c1. The summed E-state index contributed by atoms with van der Waals surface area (Å²) in [7, 11) is 1.55. The fraction of sp³-hybridized carbons (Fsp3) is 0.125. The van der Waals surface area contributed by atoms with E-state index in [-0.39, 0.29) is 24.9 Å². The molecule has 0 spiro atoms. The lowest BCUT2D eigenvalue weighted by molar-refractivity contribution is -0.119. The summed E-state index contributed by atoms with van der Waals surface area (Å²) in [6, 6.07) is 13.8. The summed E-state index contributed by atoms with van der Waals surface area (Å²) in [5.74, 6) is -0.960. The van der Waals surface area contributed by atoms with Gasteiger partial charge in [-0.15, -0.1) is 11.3 Å². The summed E-state index contributed by atoms with van der Waals surface area (Å²) < 4.78 is 0. The molecule has 0 unspecified atom stereocenters. The van der Waals surface area contributed by atoms with Crippen molar-refractivity contribution >= 4 is 51.8 Å². The molecular weight excluding hydrogens is 466 g/mol. The van der Waals surface area contributed by atoms with Crippen molar-refractivity contribution in [2.45, 2.75) is 0 Å². The highest BCUT2D eigenvalue weighted by Crippen LogP contribution is 2.26. The fourth-order valence-electron chi connectivity index (χ4n) is 2.83. The normalized spacial score (nSPS) is 11.3. The number of amides is 3. The summed E-state index contributed by atoms with van der Waals surface area (Å²) >= 11 is 1.27. The Morgan fingerprint density at radius 1 is 1.09 bits per heavy atom. The summed E-state index contributed by atoms with van der Waals surface area (Å²) in [6.07, 6.45) is 3.10. The van der Waals surface area contributed by atoms with Gasteiger partial charge in [0.2, 0.25) is 11.8 Å². The summed E-state index contributed by atoms with van der Waals surface area (Å²) in [5.41, 5.74) is 15.4. The molecule has 0 aliphatic heterocycles. The molecule has 0 bridgehead atoms. The van der Waals surface area contributed by atoms with Crippen molar-refractivity contribution in [1.82, 2.24) is 15.6 Å². The molecule has 0 aliphatic carbocycles. The quantitative estimate of drug-likeness (QED) is 0.226. The number of hydrogen-bond donors (Lipinski definition) is 5. The van der Waals surface area contributed by atoms with Crippen LogP contribution in [0.5, 0.6) is 0 Å². The first kappa shape index (κ1) is 25.1. The Bertz CT molecular complexity index is 1270. The maximum atomic E-state index is 12.2. The first-order valence-electron chi connectivity index (χ1n) is 10.5. The lowest BCUT2D eigenvalue weighted by atomic mass is 10.1. The number of aromatic nitrogens is 1. The van der Waals surface area contributed by atoms with Crippen molar-refractivity contribution in [1.29, 1.82) is 0 Å². The Kier molecular flexibility index (Phi) is 8.68. The van der Waals surface area contributed by atoms with Crippen molar-refractivity contribution in [3.8, 4) is 11.3 Å². The van der Waals surface area contributed by atoms with Crippen molar-refractivity contribution < 1.29 is 14.4 Å². The van der Waals surface area contributed by atoms with Crippen LogP contribution in [-0.2, 0) is 9.59 Å². The van der Waals surface area contributed by atoms with Gasteiger partial charge in [-0.2, -0.15) is 0 Å². The lowest BCUT2D eigenvalue weighted by Crippen LogP contribution is -2.32. The minimum absolute atomic E-state index is 0.0265. The highest BCUT2D eigenvalue weighted by atomic mass is 32.1. The van der Waals surface area contributed by atoms with E-state index in [0.29, 0.717) is 27.8 Å². The van der Waals surface area contributed by atoms with Crippen LogP contribution >= 0.6 is 11.3 Å². The summed E-state index contributed by atoms with van der Waals surface area (Å²) in [4.78, 5) is 44.0. The molecule has 0 atom stereocenters. The summed E-state index contributed by atoms with van der Waals surface area (Å²) in [6.45, 7) is -0.172. The number of thiazole rings is 1. The number of nitrogens with one attached hydrogen (secondary N) is 3. The second-order valence-corrected chi connectivity index (χ2v) is 8.11. The van der Waals surface area contributed by atoms with E-state index in [4.69, 9.17) is 11.5 Å². The first-order valence-corrected chi connectivity index (χ1v) is 11.4. The van der Waals surface area contributed by atoms with Crippen LogP contribution in [0, 0.1) is 0 Å². The van der Waals surface area contributed by atoms with E-state index in [0.717, 1.165) is 11.1 Å². The largest absolute Gasteiger partial charge is 0.399 e. The maximum absolute atomic E-state index is 12.2. The maximum Gasteiger partial charge on any atom is 0.251 e. The third-order valence-electron chi connectivity index (χ3n) is 4.70. The van der Waals surface area contributed by atoms with Crippen LogP contribution in [0.4, 0.5) is 10.8 Å². The molecule has 180 valence electrons. The van der Waals surface area contributed by atoms with Gasteiger partial charge in [0.15, 0.2) is 5.13 Å². The molecule has 0 saturated heterocycles. The Balaban J connectivity index is 1.58. The van der Waals surface area contributed by atoms with E-state index in [1.807, 2.05) is 29.6 Å². The molecule has 3 amide bonds. The molecule has 0 saturated carbocycles. The molecule has 1 heterocycles. The van der Waals surface area contributed by atoms with E-state index >= 15 is 0 Å². The topological polar surface area (TPSA) is 165 Å². The van der Waals surface area contributed by atoms with Crippen LogP contribution in [0.25, 0.3) is 17.0 Å². The van der Waals surface area contributed by atoms with Gasteiger partial charge in [-0.3, -0.25) is 19.4 Å². The average Bonchev–Trinajstić information content (AvgIpc) is 3.33. The Morgan fingerprint density at radius 2 is 1.86 bits per heavy atom. The molecule has 2 aromatic carbocycles. The number of hydrogen-bond acceptors (Lipinski definition) is 8. The van der Waals surface area contributed by atoms with Gasteiger partial charge < -0.3 is 27.4 Å². The molecule has 0 fully saturated rings. The lowest BCUT2D eigenvalue weighted by Gasteiger charge is -2.05. The number of aliphatic imine (C=N–C) groups is 1. The second kappa shape index (κ2) is 12.1. The Hall–Kier alpha value is -4.51. The Labute approximate surface area is 206 Å².